The molecule has 0 aliphatic carbocycles. The van der Waals surface area contributed by atoms with Crippen molar-refractivity contribution in [2.45, 2.75) is 6.04 Å². The minimum absolute atomic E-state index is 0.437. The fourth-order valence-corrected chi connectivity index (χ4v) is 2.60. The molecule has 2 aromatic rings. The van der Waals surface area contributed by atoms with Crippen molar-refractivity contribution in [3.63, 3.8) is 0 Å². The molecule has 3 nitrogen and oxygen atoms in total. The lowest BCUT2D eigenvalue weighted by Gasteiger charge is -2.19. The predicted octanol–water partition coefficient (Wildman–Crippen LogP) is 4.97. The molecule has 0 heterocycles. The Hall–Kier alpha value is -1.42. The third-order valence-electron chi connectivity index (χ3n) is 2.83. The van der Waals surface area contributed by atoms with E-state index in [0.717, 1.165) is 0 Å². The minimum atomic E-state index is -0.758. The van der Waals surface area contributed by atoms with Gasteiger partial charge < -0.3 is 10.1 Å². The number of carbonyl (C=O) groups excluding carboxylic acids is 1. The van der Waals surface area contributed by atoms with Crippen LogP contribution in [0.3, 0.4) is 0 Å². The highest BCUT2D eigenvalue weighted by Crippen LogP contribution is 2.29. The van der Waals surface area contributed by atoms with Crippen molar-refractivity contribution >= 4 is 46.5 Å². The van der Waals surface area contributed by atoms with Crippen LogP contribution in [0, 0.1) is 0 Å². The molecule has 1 N–H and O–H groups in total. The van der Waals surface area contributed by atoms with Crippen molar-refractivity contribution in [1.82, 2.24) is 0 Å². The molecule has 21 heavy (non-hydrogen) atoms. The molecule has 0 saturated carbocycles. The van der Waals surface area contributed by atoms with E-state index in [1.165, 1.54) is 7.11 Å². The lowest BCUT2D eigenvalue weighted by Crippen LogP contribution is -2.22. The van der Waals surface area contributed by atoms with Gasteiger partial charge in [-0.1, -0.05) is 46.9 Å². The van der Waals surface area contributed by atoms with Gasteiger partial charge in [0.2, 0.25) is 0 Å². The van der Waals surface area contributed by atoms with Crippen LogP contribution < -0.4 is 5.32 Å². The summed E-state index contributed by atoms with van der Waals surface area (Å²) in [6.45, 7) is 0. The van der Waals surface area contributed by atoms with Gasteiger partial charge in [0.05, 0.1) is 17.8 Å². The molecule has 0 aliphatic heterocycles. The van der Waals surface area contributed by atoms with E-state index in [4.69, 9.17) is 39.5 Å². The molecule has 0 aliphatic rings. The highest BCUT2D eigenvalue weighted by atomic mass is 35.5. The van der Waals surface area contributed by atoms with E-state index < -0.39 is 12.0 Å². The molecule has 1 unspecified atom stereocenters. The van der Waals surface area contributed by atoms with E-state index in [1.54, 1.807) is 36.4 Å². The fourth-order valence-electron chi connectivity index (χ4n) is 1.87. The summed E-state index contributed by atoms with van der Waals surface area (Å²) in [7, 11) is 1.32. The lowest BCUT2D eigenvalue weighted by atomic mass is 10.1. The number of esters is 1. The van der Waals surface area contributed by atoms with Gasteiger partial charge in [0.25, 0.3) is 0 Å². The first-order chi connectivity index (χ1) is 10.0. The van der Waals surface area contributed by atoms with Gasteiger partial charge in [-0.2, -0.15) is 0 Å². The van der Waals surface area contributed by atoms with Crippen LogP contribution in [0.5, 0.6) is 0 Å². The maximum atomic E-state index is 12.0. The Morgan fingerprint density at radius 3 is 2.29 bits per heavy atom. The second-order valence-electron chi connectivity index (χ2n) is 4.28. The van der Waals surface area contributed by atoms with E-state index in [-0.39, 0.29) is 0 Å². The van der Waals surface area contributed by atoms with Gasteiger partial charge >= 0.3 is 5.97 Å². The molecule has 1 atom stereocenters. The van der Waals surface area contributed by atoms with Gasteiger partial charge in [-0.15, -0.1) is 0 Å². The summed E-state index contributed by atoms with van der Waals surface area (Å²) in [4.78, 5) is 12.0. The topological polar surface area (TPSA) is 38.3 Å². The molecule has 2 aromatic carbocycles. The molecule has 0 fully saturated rings. The summed E-state index contributed by atoms with van der Waals surface area (Å²) in [5, 5.41) is 4.42. The largest absolute Gasteiger partial charge is 0.467 e. The fraction of sp³-hybridized carbons (Fsp3) is 0.133. The van der Waals surface area contributed by atoms with Crippen molar-refractivity contribution in [2.75, 3.05) is 12.4 Å². The Balaban J connectivity index is 2.39. The molecule has 110 valence electrons. The molecule has 0 spiro atoms. The number of para-hydroxylation sites is 1. The van der Waals surface area contributed by atoms with Crippen molar-refractivity contribution in [1.29, 1.82) is 0 Å². The van der Waals surface area contributed by atoms with Crippen molar-refractivity contribution in [3.05, 3.63) is 63.1 Å². The SMILES string of the molecule is COC(=O)C(Nc1ccccc1Cl)c1cc(Cl)cc(Cl)c1. The number of nitrogens with one attached hydrogen (secondary N) is 1. The zero-order valence-corrected chi connectivity index (χ0v) is 13.3. The van der Waals surface area contributed by atoms with Crippen molar-refractivity contribution in [2.24, 2.45) is 0 Å². The number of rotatable bonds is 4. The first-order valence-electron chi connectivity index (χ1n) is 6.06. The maximum Gasteiger partial charge on any atom is 0.332 e. The first-order valence-corrected chi connectivity index (χ1v) is 7.19. The minimum Gasteiger partial charge on any atom is -0.467 e. The second kappa shape index (κ2) is 7.03. The highest BCUT2D eigenvalue weighted by molar-refractivity contribution is 6.35. The molecule has 0 aromatic heterocycles. The normalized spacial score (nSPS) is 11.8. The Labute approximate surface area is 137 Å². The van der Waals surface area contributed by atoms with Crippen LogP contribution in [-0.2, 0) is 9.53 Å². The van der Waals surface area contributed by atoms with Gasteiger partial charge in [0.15, 0.2) is 6.04 Å². The molecule has 0 radical (unpaired) electrons. The average Bonchev–Trinajstić information content (AvgIpc) is 2.44. The van der Waals surface area contributed by atoms with Crippen molar-refractivity contribution in [3.8, 4) is 0 Å². The molecular formula is C15H12Cl3NO2. The second-order valence-corrected chi connectivity index (χ2v) is 5.56. The Morgan fingerprint density at radius 2 is 1.71 bits per heavy atom. The van der Waals surface area contributed by atoms with Crippen LogP contribution in [0.15, 0.2) is 42.5 Å². The summed E-state index contributed by atoms with van der Waals surface area (Å²) < 4.78 is 4.83. The van der Waals surface area contributed by atoms with Crippen LogP contribution in [-0.4, -0.2) is 13.1 Å². The number of anilines is 1. The molecular weight excluding hydrogens is 333 g/mol. The molecule has 0 saturated heterocycles. The van der Waals surface area contributed by atoms with Gasteiger partial charge in [-0.05, 0) is 35.9 Å². The Bertz CT molecular complexity index is 641. The van der Waals surface area contributed by atoms with E-state index >= 15 is 0 Å². The van der Waals surface area contributed by atoms with Crippen molar-refractivity contribution < 1.29 is 9.53 Å². The third-order valence-corrected chi connectivity index (χ3v) is 3.59. The van der Waals surface area contributed by atoms with E-state index in [1.807, 2.05) is 6.07 Å². The number of methoxy groups -OCH3 is 1. The summed E-state index contributed by atoms with van der Waals surface area (Å²) in [5.41, 5.74) is 1.21. The summed E-state index contributed by atoms with van der Waals surface area (Å²) in [5.74, 6) is -0.465. The van der Waals surface area contributed by atoms with E-state index in [9.17, 15) is 4.79 Å². The van der Waals surface area contributed by atoms with Crippen LogP contribution in [0.2, 0.25) is 15.1 Å². The number of benzene rings is 2. The molecule has 6 heteroatoms. The Kier molecular flexibility index (Phi) is 5.34. The third kappa shape index (κ3) is 4.03. The number of carbonyl (C=O) groups is 1. The summed E-state index contributed by atoms with van der Waals surface area (Å²) in [6.07, 6.45) is 0. The monoisotopic (exact) mass is 343 g/mol. The van der Waals surface area contributed by atoms with Gasteiger partial charge in [0, 0.05) is 10.0 Å². The summed E-state index contributed by atoms with van der Waals surface area (Å²) in [6, 6.07) is 11.2. The number of halogens is 3. The Morgan fingerprint density at radius 1 is 1.10 bits per heavy atom. The molecule has 0 amide bonds. The maximum absolute atomic E-state index is 12.0. The van der Waals surface area contributed by atoms with Crippen LogP contribution >= 0.6 is 34.8 Å². The standard InChI is InChI=1S/C15H12Cl3NO2/c1-21-15(20)14(9-6-10(16)8-11(17)7-9)19-13-5-3-2-4-12(13)18/h2-8,14,19H,1H3. The average molecular weight is 345 g/mol. The number of ether oxygens (including phenoxy) is 1. The molecule has 0 bridgehead atoms. The zero-order valence-electron chi connectivity index (χ0n) is 11.1. The van der Waals surface area contributed by atoms with Crippen LogP contribution in [0.1, 0.15) is 11.6 Å². The lowest BCUT2D eigenvalue weighted by molar-refractivity contribution is -0.141. The van der Waals surface area contributed by atoms with Gasteiger partial charge in [-0.3, -0.25) is 0 Å². The van der Waals surface area contributed by atoms with Gasteiger partial charge in [0.1, 0.15) is 0 Å². The van der Waals surface area contributed by atoms with E-state index in [0.29, 0.717) is 26.3 Å². The smallest absolute Gasteiger partial charge is 0.332 e. The first kappa shape index (κ1) is 16.0. The highest BCUT2D eigenvalue weighted by Gasteiger charge is 2.23. The number of hydrogen-bond donors (Lipinski definition) is 1. The van der Waals surface area contributed by atoms with Crippen LogP contribution in [0.4, 0.5) is 5.69 Å². The van der Waals surface area contributed by atoms with Gasteiger partial charge in [-0.25, -0.2) is 4.79 Å². The van der Waals surface area contributed by atoms with E-state index in [2.05, 4.69) is 5.32 Å². The number of hydrogen-bond acceptors (Lipinski definition) is 3. The summed E-state index contributed by atoms with van der Waals surface area (Å²) >= 11 is 18.1. The van der Waals surface area contributed by atoms with Crippen LogP contribution in [0.25, 0.3) is 0 Å². The zero-order chi connectivity index (χ0) is 15.4. The molecule has 2 rings (SSSR count). The quantitative estimate of drug-likeness (QED) is 0.796. The predicted molar refractivity (Wildman–Crippen MR) is 86.3 cm³/mol.